The van der Waals surface area contributed by atoms with E-state index in [0.717, 1.165) is 39.0 Å². The number of furan rings is 1. The molecule has 0 fully saturated rings. The molecule has 0 atom stereocenters. The summed E-state index contributed by atoms with van der Waals surface area (Å²) in [6.07, 6.45) is 0. The molecule has 1 aliphatic rings. The third-order valence-corrected chi connectivity index (χ3v) is 12.4. The van der Waals surface area contributed by atoms with E-state index < -0.39 is 0 Å². The molecule has 0 unspecified atom stereocenters. The zero-order valence-electron chi connectivity index (χ0n) is 35.2. The Bertz CT molecular complexity index is 3100. The van der Waals surface area contributed by atoms with Crippen LogP contribution in [-0.4, -0.2) is 0 Å². The van der Waals surface area contributed by atoms with Crippen LogP contribution in [0.4, 0.5) is 17.1 Å². The van der Waals surface area contributed by atoms with Crippen LogP contribution >= 0.6 is 0 Å². The van der Waals surface area contributed by atoms with Crippen LogP contribution in [0.3, 0.4) is 0 Å². The average Bonchev–Trinajstić information content (AvgIpc) is 3.58. The first-order valence-electron chi connectivity index (χ1n) is 20.7. The summed E-state index contributed by atoms with van der Waals surface area (Å²) in [5, 5.41) is 7.29. The molecule has 0 N–H and O–H groups in total. The summed E-state index contributed by atoms with van der Waals surface area (Å²) in [5.74, 6) is 0. The average molecular weight is 754 g/mol. The van der Waals surface area contributed by atoms with Crippen molar-refractivity contribution in [1.82, 2.24) is 0 Å². The van der Waals surface area contributed by atoms with Gasteiger partial charge in [0.25, 0.3) is 0 Å². The van der Waals surface area contributed by atoms with Crippen LogP contribution in [0, 0.1) is 0 Å². The van der Waals surface area contributed by atoms with Gasteiger partial charge in [-0.25, -0.2) is 0 Å². The predicted octanol–water partition coefficient (Wildman–Crippen LogP) is 16.6. The minimum absolute atomic E-state index is 0.00440. The molecule has 0 aliphatic heterocycles. The van der Waals surface area contributed by atoms with Crippen LogP contribution in [0.15, 0.2) is 150 Å². The Morgan fingerprint density at radius 2 is 0.914 bits per heavy atom. The van der Waals surface area contributed by atoms with Gasteiger partial charge in [0, 0.05) is 27.7 Å². The lowest BCUT2D eigenvalue weighted by Gasteiger charge is -2.29. The molecule has 2 nitrogen and oxygen atoms in total. The number of para-hydroxylation sites is 2. The Hall–Kier alpha value is -6.12. The highest BCUT2D eigenvalue weighted by atomic mass is 16.3. The van der Waals surface area contributed by atoms with Crippen LogP contribution in [0.1, 0.15) is 79.0 Å². The Morgan fingerprint density at radius 1 is 0.379 bits per heavy atom. The second kappa shape index (κ2) is 12.7. The normalized spacial score (nSPS) is 12.9. The van der Waals surface area contributed by atoms with Crippen LogP contribution in [0.25, 0.3) is 76.9 Å². The highest BCUT2D eigenvalue weighted by Crippen LogP contribution is 2.52. The Kier molecular flexibility index (Phi) is 7.93. The van der Waals surface area contributed by atoms with Gasteiger partial charge in [-0.15, -0.1) is 0 Å². The minimum atomic E-state index is -0.0558. The molecule has 2 heteroatoms. The van der Waals surface area contributed by atoms with Crippen LogP contribution in [0.5, 0.6) is 0 Å². The van der Waals surface area contributed by atoms with Crippen molar-refractivity contribution in [2.45, 2.75) is 78.6 Å². The molecule has 0 saturated heterocycles. The van der Waals surface area contributed by atoms with Crippen molar-refractivity contribution in [2.24, 2.45) is 0 Å². The minimum Gasteiger partial charge on any atom is -0.454 e. The van der Waals surface area contributed by atoms with E-state index in [4.69, 9.17) is 4.42 Å². The first-order valence-corrected chi connectivity index (χ1v) is 20.7. The van der Waals surface area contributed by atoms with Gasteiger partial charge in [-0.2, -0.15) is 0 Å². The SMILES string of the molecule is CC(C)(C)c1ccc(-c2ccc3cc4c(cc3c2)-c2cc3cc(N(c5cccc(C(C)(C)C)c5)c5cccc6c5oc5c(C(C)(C)C)cccc56)ccc3cc2-4)cc1. The number of rotatable bonds is 4. The van der Waals surface area contributed by atoms with E-state index in [1.165, 1.54) is 71.6 Å². The number of hydrogen-bond donors (Lipinski definition) is 0. The van der Waals surface area contributed by atoms with Gasteiger partial charge in [-0.05, 0) is 143 Å². The fourth-order valence-electron chi connectivity index (χ4n) is 9.00. The lowest BCUT2D eigenvalue weighted by atomic mass is 9.77. The molecule has 286 valence electrons. The fraction of sp³-hybridized carbons (Fsp3) is 0.214. The third-order valence-electron chi connectivity index (χ3n) is 12.4. The molecular formula is C56H51NO. The Morgan fingerprint density at radius 3 is 1.55 bits per heavy atom. The first kappa shape index (κ1) is 36.2. The summed E-state index contributed by atoms with van der Waals surface area (Å²) in [4.78, 5) is 2.40. The largest absolute Gasteiger partial charge is 0.454 e. The van der Waals surface area contributed by atoms with Gasteiger partial charge in [-0.3, -0.25) is 0 Å². The summed E-state index contributed by atoms with van der Waals surface area (Å²) >= 11 is 0. The first-order chi connectivity index (χ1) is 27.6. The van der Waals surface area contributed by atoms with Crippen molar-refractivity contribution < 1.29 is 4.42 Å². The van der Waals surface area contributed by atoms with E-state index in [9.17, 15) is 0 Å². The van der Waals surface area contributed by atoms with Crippen molar-refractivity contribution in [3.8, 4) is 33.4 Å². The number of fused-ring (bicyclic) bond motifs is 9. The summed E-state index contributed by atoms with van der Waals surface area (Å²) in [5.41, 5.74) is 16.9. The molecule has 0 radical (unpaired) electrons. The monoisotopic (exact) mass is 753 g/mol. The molecule has 0 amide bonds. The van der Waals surface area contributed by atoms with Crippen LogP contribution in [0.2, 0.25) is 0 Å². The maximum Gasteiger partial charge on any atom is 0.159 e. The maximum atomic E-state index is 6.98. The maximum absolute atomic E-state index is 6.98. The van der Waals surface area contributed by atoms with E-state index in [2.05, 4.69) is 213 Å². The summed E-state index contributed by atoms with van der Waals surface area (Å²) < 4.78 is 6.98. The van der Waals surface area contributed by atoms with E-state index >= 15 is 0 Å². The zero-order chi connectivity index (χ0) is 40.3. The van der Waals surface area contributed by atoms with Gasteiger partial charge in [0.2, 0.25) is 0 Å². The van der Waals surface area contributed by atoms with Crippen molar-refractivity contribution in [3.05, 3.63) is 162 Å². The van der Waals surface area contributed by atoms with E-state index in [0.29, 0.717) is 0 Å². The zero-order valence-corrected chi connectivity index (χ0v) is 35.2. The van der Waals surface area contributed by atoms with Gasteiger partial charge < -0.3 is 9.32 Å². The molecule has 1 aromatic heterocycles. The number of anilines is 3. The van der Waals surface area contributed by atoms with Crippen LogP contribution in [-0.2, 0) is 16.2 Å². The molecule has 0 bridgehead atoms. The van der Waals surface area contributed by atoms with Crippen molar-refractivity contribution in [3.63, 3.8) is 0 Å². The molecule has 9 aromatic rings. The van der Waals surface area contributed by atoms with Crippen molar-refractivity contribution in [1.29, 1.82) is 0 Å². The summed E-state index contributed by atoms with van der Waals surface area (Å²) in [6, 6.07) is 54.6. The molecule has 0 spiro atoms. The fourth-order valence-corrected chi connectivity index (χ4v) is 9.00. The lowest BCUT2D eigenvalue weighted by Crippen LogP contribution is -2.14. The molecule has 1 aliphatic carbocycles. The Balaban J connectivity index is 1.10. The van der Waals surface area contributed by atoms with E-state index in [1.54, 1.807) is 0 Å². The number of nitrogens with zero attached hydrogens (tertiary/aromatic N) is 1. The molecule has 8 aromatic carbocycles. The number of hydrogen-bond acceptors (Lipinski definition) is 2. The lowest BCUT2D eigenvalue weighted by molar-refractivity contribution is 0.573. The van der Waals surface area contributed by atoms with Gasteiger partial charge in [0.15, 0.2) is 5.58 Å². The highest BCUT2D eigenvalue weighted by Gasteiger charge is 2.27. The molecule has 1 heterocycles. The second-order valence-corrected chi connectivity index (χ2v) is 19.5. The van der Waals surface area contributed by atoms with Gasteiger partial charge in [0.1, 0.15) is 5.58 Å². The third kappa shape index (κ3) is 5.92. The molecular weight excluding hydrogens is 703 g/mol. The van der Waals surface area contributed by atoms with Gasteiger partial charge >= 0.3 is 0 Å². The van der Waals surface area contributed by atoms with E-state index in [-0.39, 0.29) is 16.2 Å². The molecule has 58 heavy (non-hydrogen) atoms. The second-order valence-electron chi connectivity index (χ2n) is 19.5. The Labute approximate surface area is 342 Å². The quantitative estimate of drug-likeness (QED) is 0.178. The van der Waals surface area contributed by atoms with Gasteiger partial charge in [-0.1, -0.05) is 147 Å². The predicted molar refractivity (Wildman–Crippen MR) is 249 cm³/mol. The topological polar surface area (TPSA) is 16.4 Å². The summed E-state index contributed by atoms with van der Waals surface area (Å²) in [6.45, 7) is 20.4. The summed E-state index contributed by atoms with van der Waals surface area (Å²) in [7, 11) is 0. The van der Waals surface area contributed by atoms with E-state index in [1.807, 2.05) is 0 Å². The van der Waals surface area contributed by atoms with Crippen molar-refractivity contribution in [2.75, 3.05) is 4.90 Å². The van der Waals surface area contributed by atoms with Crippen LogP contribution < -0.4 is 4.90 Å². The standard InChI is InChI=1S/C56H51NO/c1-54(2,3)40-24-21-34(22-25-40)35-19-20-36-29-46-47-30-37-23-26-43(28-39(37)32-49(47)48(46)31-38(36)27-35)57(42-14-10-13-41(33-42)55(4,5)6)51-18-12-16-45-44-15-11-17-50(56(7,8)9)52(44)58-53(45)51/h10-33H,1-9H3. The van der Waals surface area contributed by atoms with Gasteiger partial charge in [0.05, 0.1) is 5.69 Å². The molecule has 0 saturated carbocycles. The molecule has 10 rings (SSSR count). The highest BCUT2D eigenvalue weighted by molar-refractivity contribution is 6.14. The van der Waals surface area contributed by atoms with Crippen molar-refractivity contribution >= 4 is 60.5 Å². The smallest absolute Gasteiger partial charge is 0.159 e. The number of benzene rings is 8.